The van der Waals surface area contributed by atoms with Gasteiger partial charge in [0.1, 0.15) is 0 Å². The highest BCUT2D eigenvalue weighted by Gasteiger charge is 2.32. The van der Waals surface area contributed by atoms with E-state index in [-0.39, 0.29) is 0 Å². The van der Waals surface area contributed by atoms with E-state index in [0.717, 1.165) is 16.9 Å². The number of nitrogens with zero attached hydrogens (tertiary/aromatic N) is 1. The highest BCUT2D eigenvalue weighted by molar-refractivity contribution is 6.30. The van der Waals surface area contributed by atoms with E-state index in [1.165, 1.54) is 57.3 Å². The van der Waals surface area contributed by atoms with E-state index >= 15 is 0 Å². The number of hydrogen-bond donors (Lipinski definition) is 0. The van der Waals surface area contributed by atoms with E-state index in [2.05, 4.69) is 17.0 Å². The van der Waals surface area contributed by atoms with Gasteiger partial charge in [0.2, 0.25) is 0 Å². The minimum Gasteiger partial charge on any atom is -0.303 e. The average Bonchev–Trinajstić information content (AvgIpc) is 3.08. The van der Waals surface area contributed by atoms with Gasteiger partial charge in [-0.15, -0.1) is 0 Å². The zero-order valence-electron chi connectivity index (χ0n) is 10.9. The van der Waals surface area contributed by atoms with Crippen LogP contribution in [0.4, 0.5) is 0 Å². The molecule has 1 aliphatic carbocycles. The molecular formula is C16H22ClN. The van der Waals surface area contributed by atoms with Crippen molar-refractivity contribution in [3.05, 3.63) is 34.9 Å². The van der Waals surface area contributed by atoms with Gasteiger partial charge >= 0.3 is 0 Å². The Labute approximate surface area is 115 Å². The van der Waals surface area contributed by atoms with Crippen molar-refractivity contribution in [1.82, 2.24) is 4.90 Å². The van der Waals surface area contributed by atoms with E-state index in [9.17, 15) is 0 Å². The maximum atomic E-state index is 5.98. The molecule has 1 atom stereocenters. The van der Waals surface area contributed by atoms with Crippen LogP contribution in [-0.2, 0) is 0 Å². The standard InChI is InChI=1S/C16H22ClN/c17-15-7-5-14(6-8-15)16(13-3-4-13)9-12-18-10-1-2-11-18/h5-8,13,16H,1-4,9-12H2. The zero-order chi connectivity index (χ0) is 12.4. The first-order chi connectivity index (χ1) is 8.83. The van der Waals surface area contributed by atoms with E-state index in [0.29, 0.717) is 0 Å². The molecule has 0 N–H and O–H groups in total. The van der Waals surface area contributed by atoms with Crippen LogP contribution in [0, 0.1) is 5.92 Å². The quantitative estimate of drug-likeness (QED) is 0.765. The maximum Gasteiger partial charge on any atom is 0.0406 e. The van der Waals surface area contributed by atoms with Crippen LogP contribution in [-0.4, -0.2) is 24.5 Å². The second kappa shape index (κ2) is 5.63. The minimum absolute atomic E-state index is 0.767. The second-order valence-electron chi connectivity index (χ2n) is 5.83. The summed E-state index contributed by atoms with van der Waals surface area (Å²) in [6.07, 6.45) is 6.97. The van der Waals surface area contributed by atoms with Gasteiger partial charge < -0.3 is 4.90 Å². The molecule has 1 unspecified atom stereocenters. The summed E-state index contributed by atoms with van der Waals surface area (Å²) in [7, 11) is 0. The fraction of sp³-hybridized carbons (Fsp3) is 0.625. The largest absolute Gasteiger partial charge is 0.303 e. The molecule has 1 heterocycles. The molecule has 1 saturated heterocycles. The molecule has 0 spiro atoms. The van der Waals surface area contributed by atoms with Gasteiger partial charge in [-0.3, -0.25) is 0 Å². The molecule has 1 saturated carbocycles. The van der Waals surface area contributed by atoms with Gasteiger partial charge in [-0.1, -0.05) is 23.7 Å². The summed E-state index contributed by atoms with van der Waals surface area (Å²) in [4.78, 5) is 2.63. The number of rotatable bonds is 5. The summed E-state index contributed by atoms with van der Waals surface area (Å²) in [6, 6.07) is 8.55. The lowest BCUT2D eigenvalue weighted by molar-refractivity contribution is 0.315. The Balaban J connectivity index is 1.62. The molecule has 1 nitrogen and oxygen atoms in total. The maximum absolute atomic E-state index is 5.98. The van der Waals surface area contributed by atoms with Crippen LogP contribution in [0.2, 0.25) is 5.02 Å². The van der Waals surface area contributed by atoms with Crippen LogP contribution >= 0.6 is 11.6 Å². The molecule has 2 aliphatic rings. The van der Waals surface area contributed by atoms with Gasteiger partial charge in [-0.05, 0) is 81.3 Å². The Hall–Kier alpha value is -0.530. The fourth-order valence-corrected chi connectivity index (χ4v) is 3.34. The van der Waals surface area contributed by atoms with Crippen LogP contribution in [0.5, 0.6) is 0 Å². The fourth-order valence-electron chi connectivity index (χ4n) is 3.21. The van der Waals surface area contributed by atoms with Crippen molar-refractivity contribution in [3.63, 3.8) is 0 Å². The third kappa shape index (κ3) is 3.07. The van der Waals surface area contributed by atoms with Crippen LogP contribution in [0.15, 0.2) is 24.3 Å². The Morgan fingerprint density at radius 3 is 2.39 bits per heavy atom. The number of benzene rings is 1. The molecule has 98 valence electrons. The Morgan fingerprint density at radius 2 is 1.78 bits per heavy atom. The highest BCUT2D eigenvalue weighted by Crippen LogP contribution is 2.44. The third-order valence-electron chi connectivity index (χ3n) is 4.44. The smallest absolute Gasteiger partial charge is 0.0406 e. The van der Waals surface area contributed by atoms with E-state index in [1.54, 1.807) is 0 Å². The number of halogens is 1. The summed E-state index contributed by atoms with van der Waals surface area (Å²) in [5.41, 5.74) is 1.50. The van der Waals surface area contributed by atoms with E-state index < -0.39 is 0 Å². The van der Waals surface area contributed by atoms with E-state index in [4.69, 9.17) is 11.6 Å². The molecule has 18 heavy (non-hydrogen) atoms. The first-order valence-corrected chi connectivity index (χ1v) is 7.68. The van der Waals surface area contributed by atoms with Gasteiger partial charge in [0.05, 0.1) is 0 Å². The normalized spacial score (nSPS) is 22.3. The van der Waals surface area contributed by atoms with Crippen LogP contribution in [0.25, 0.3) is 0 Å². The molecule has 0 aromatic heterocycles. The van der Waals surface area contributed by atoms with Crippen molar-refractivity contribution >= 4 is 11.6 Å². The molecule has 1 aromatic carbocycles. The van der Waals surface area contributed by atoms with Crippen LogP contribution < -0.4 is 0 Å². The molecule has 0 amide bonds. The Kier molecular flexibility index (Phi) is 3.91. The molecule has 0 bridgehead atoms. The van der Waals surface area contributed by atoms with Gasteiger partial charge in [-0.25, -0.2) is 0 Å². The Bertz CT molecular complexity index is 377. The second-order valence-corrected chi connectivity index (χ2v) is 6.27. The topological polar surface area (TPSA) is 3.24 Å². The number of likely N-dealkylation sites (tertiary alicyclic amines) is 1. The molecule has 1 aliphatic heterocycles. The summed E-state index contributed by atoms with van der Waals surface area (Å²) < 4.78 is 0. The third-order valence-corrected chi connectivity index (χ3v) is 4.70. The lowest BCUT2D eigenvalue weighted by Crippen LogP contribution is -2.22. The first-order valence-electron chi connectivity index (χ1n) is 7.31. The first kappa shape index (κ1) is 12.5. The summed E-state index contributed by atoms with van der Waals surface area (Å²) in [5.74, 6) is 1.71. The SMILES string of the molecule is Clc1ccc(C(CCN2CCCC2)C2CC2)cc1. The molecule has 0 radical (unpaired) electrons. The molecule has 1 aromatic rings. The molecule has 3 rings (SSSR count). The lowest BCUT2D eigenvalue weighted by atomic mass is 9.91. The summed E-state index contributed by atoms with van der Waals surface area (Å²) >= 11 is 5.98. The van der Waals surface area contributed by atoms with Gasteiger partial charge in [0.15, 0.2) is 0 Å². The predicted octanol–water partition coefficient (Wildman–Crippen LogP) is 4.32. The van der Waals surface area contributed by atoms with Crippen molar-refractivity contribution in [3.8, 4) is 0 Å². The minimum atomic E-state index is 0.767. The molecule has 2 fully saturated rings. The van der Waals surface area contributed by atoms with Gasteiger partial charge in [0.25, 0.3) is 0 Å². The van der Waals surface area contributed by atoms with Gasteiger partial charge in [0, 0.05) is 5.02 Å². The van der Waals surface area contributed by atoms with Crippen molar-refractivity contribution in [1.29, 1.82) is 0 Å². The summed E-state index contributed by atoms with van der Waals surface area (Å²) in [5, 5.41) is 0.854. The highest BCUT2D eigenvalue weighted by atomic mass is 35.5. The van der Waals surface area contributed by atoms with Crippen molar-refractivity contribution in [2.45, 2.75) is 38.0 Å². The van der Waals surface area contributed by atoms with Crippen molar-refractivity contribution < 1.29 is 0 Å². The lowest BCUT2D eigenvalue weighted by Gasteiger charge is -2.21. The summed E-state index contributed by atoms with van der Waals surface area (Å²) in [6.45, 7) is 3.92. The van der Waals surface area contributed by atoms with Crippen molar-refractivity contribution in [2.75, 3.05) is 19.6 Å². The zero-order valence-corrected chi connectivity index (χ0v) is 11.7. The monoisotopic (exact) mass is 263 g/mol. The van der Waals surface area contributed by atoms with E-state index in [1.807, 2.05) is 12.1 Å². The predicted molar refractivity (Wildman–Crippen MR) is 77.2 cm³/mol. The number of hydrogen-bond acceptors (Lipinski definition) is 1. The van der Waals surface area contributed by atoms with Crippen molar-refractivity contribution in [2.24, 2.45) is 5.92 Å². The molecular weight excluding hydrogens is 242 g/mol. The van der Waals surface area contributed by atoms with Crippen LogP contribution in [0.1, 0.15) is 43.6 Å². The molecule has 2 heteroatoms. The Morgan fingerprint density at radius 1 is 1.11 bits per heavy atom. The average molecular weight is 264 g/mol. The van der Waals surface area contributed by atoms with Gasteiger partial charge in [-0.2, -0.15) is 0 Å². The van der Waals surface area contributed by atoms with Crippen LogP contribution in [0.3, 0.4) is 0 Å².